The molecule has 1 atom stereocenters. The highest BCUT2D eigenvalue weighted by Gasteiger charge is 2.32. The van der Waals surface area contributed by atoms with Crippen molar-refractivity contribution in [1.29, 1.82) is 0 Å². The van der Waals surface area contributed by atoms with Crippen LogP contribution < -0.4 is 5.32 Å². The van der Waals surface area contributed by atoms with Crippen LogP contribution in [0.2, 0.25) is 0 Å². The predicted octanol–water partition coefficient (Wildman–Crippen LogP) is 0.882. The van der Waals surface area contributed by atoms with Crippen molar-refractivity contribution in [2.24, 2.45) is 0 Å². The zero-order valence-electron chi connectivity index (χ0n) is 11.4. The first kappa shape index (κ1) is 14.0. The fourth-order valence-corrected chi connectivity index (χ4v) is 2.01. The van der Waals surface area contributed by atoms with E-state index in [0.29, 0.717) is 0 Å². The molecule has 0 aromatic heterocycles. The molecule has 1 heterocycles. The van der Waals surface area contributed by atoms with E-state index in [1.54, 1.807) is 13.0 Å². The highest BCUT2D eigenvalue weighted by atomic mass is 16.2. The summed E-state index contributed by atoms with van der Waals surface area (Å²) in [4.78, 5) is 36.2. The van der Waals surface area contributed by atoms with Crippen molar-refractivity contribution in [3.8, 4) is 0 Å². The first-order valence-electron chi connectivity index (χ1n) is 6.37. The molecule has 0 saturated carbocycles. The van der Waals surface area contributed by atoms with Gasteiger partial charge in [0.25, 0.3) is 0 Å². The number of benzene rings is 1. The number of amides is 3. The highest BCUT2D eigenvalue weighted by molar-refractivity contribution is 6.06. The lowest BCUT2D eigenvalue weighted by Gasteiger charge is -2.30. The van der Waals surface area contributed by atoms with E-state index in [4.69, 9.17) is 0 Å². The lowest BCUT2D eigenvalue weighted by Crippen LogP contribution is -2.58. The predicted molar refractivity (Wildman–Crippen MR) is 74.5 cm³/mol. The molecule has 1 aromatic carbocycles. The molecule has 20 heavy (non-hydrogen) atoms. The van der Waals surface area contributed by atoms with Gasteiger partial charge in [-0.15, -0.1) is 0 Å². The second-order valence-corrected chi connectivity index (χ2v) is 4.74. The third-order valence-corrected chi connectivity index (χ3v) is 3.30. The molecular weight excluding hydrogens is 256 g/mol. The Morgan fingerprint density at radius 3 is 2.75 bits per heavy atom. The molecule has 0 radical (unpaired) electrons. The molecule has 0 bridgehead atoms. The second kappa shape index (κ2) is 5.69. The quantitative estimate of drug-likeness (QED) is 0.642. The van der Waals surface area contributed by atoms with Gasteiger partial charge in [0, 0.05) is 6.08 Å². The van der Waals surface area contributed by atoms with Gasteiger partial charge in [-0.25, -0.2) is 0 Å². The lowest BCUT2D eigenvalue weighted by atomic mass is 10.1. The van der Waals surface area contributed by atoms with Crippen LogP contribution in [-0.4, -0.2) is 35.2 Å². The van der Waals surface area contributed by atoms with Gasteiger partial charge in [0.2, 0.25) is 17.7 Å². The van der Waals surface area contributed by atoms with Crippen molar-refractivity contribution >= 4 is 23.8 Å². The molecule has 5 nitrogen and oxygen atoms in total. The topological polar surface area (TPSA) is 66.5 Å². The SMILES string of the molecule is Cc1ccccc1C=CC(=O)N1CC(=O)NC(=O)C1C. The molecule has 2 rings (SSSR count). The fraction of sp³-hybridized carbons (Fsp3) is 0.267. The molecule has 3 amide bonds. The van der Waals surface area contributed by atoms with Gasteiger partial charge in [0.05, 0.1) is 0 Å². The van der Waals surface area contributed by atoms with E-state index in [0.717, 1.165) is 11.1 Å². The number of aryl methyl sites for hydroxylation is 1. The number of hydrogen-bond acceptors (Lipinski definition) is 3. The number of imide groups is 1. The summed E-state index contributed by atoms with van der Waals surface area (Å²) in [6, 6.07) is 7.02. The Bertz CT molecular complexity index is 593. The van der Waals surface area contributed by atoms with E-state index in [1.807, 2.05) is 31.2 Å². The van der Waals surface area contributed by atoms with Crippen molar-refractivity contribution in [2.75, 3.05) is 6.54 Å². The maximum atomic E-state index is 12.1. The summed E-state index contributed by atoms with van der Waals surface area (Å²) in [5, 5.41) is 2.20. The molecule has 1 aliphatic rings. The third kappa shape index (κ3) is 2.93. The summed E-state index contributed by atoms with van der Waals surface area (Å²) in [6.07, 6.45) is 3.09. The number of rotatable bonds is 2. The third-order valence-electron chi connectivity index (χ3n) is 3.30. The summed E-state index contributed by atoms with van der Waals surface area (Å²) < 4.78 is 0. The molecule has 1 fully saturated rings. The van der Waals surface area contributed by atoms with Crippen molar-refractivity contribution in [2.45, 2.75) is 19.9 Å². The van der Waals surface area contributed by atoms with Gasteiger partial charge in [0.15, 0.2) is 0 Å². The van der Waals surface area contributed by atoms with Crippen molar-refractivity contribution in [3.05, 3.63) is 41.5 Å². The van der Waals surface area contributed by atoms with Crippen LogP contribution in [0.4, 0.5) is 0 Å². The van der Waals surface area contributed by atoms with Gasteiger partial charge in [-0.1, -0.05) is 24.3 Å². The van der Waals surface area contributed by atoms with Crippen LogP contribution in [0.15, 0.2) is 30.3 Å². The molecule has 1 unspecified atom stereocenters. The van der Waals surface area contributed by atoms with Gasteiger partial charge >= 0.3 is 0 Å². The summed E-state index contributed by atoms with van der Waals surface area (Å²) in [5.74, 6) is -1.24. The van der Waals surface area contributed by atoms with Crippen LogP contribution >= 0.6 is 0 Å². The fourth-order valence-electron chi connectivity index (χ4n) is 2.01. The summed E-state index contributed by atoms with van der Waals surface area (Å²) >= 11 is 0. The first-order chi connectivity index (χ1) is 9.49. The standard InChI is InChI=1S/C15H16N2O3/c1-10-5-3-4-6-12(10)7-8-14(19)17-9-13(18)16-15(20)11(17)2/h3-8,11H,9H2,1-2H3,(H,16,18,20). The average Bonchev–Trinajstić information content (AvgIpc) is 2.41. The minimum atomic E-state index is -0.637. The Balaban J connectivity index is 2.13. The molecule has 1 saturated heterocycles. The smallest absolute Gasteiger partial charge is 0.249 e. The van der Waals surface area contributed by atoms with Gasteiger partial charge in [-0.2, -0.15) is 0 Å². The lowest BCUT2D eigenvalue weighted by molar-refractivity contribution is -0.147. The van der Waals surface area contributed by atoms with Crippen LogP contribution in [0.25, 0.3) is 6.08 Å². The normalized spacial score (nSPS) is 19.3. The van der Waals surface area contributed by atoms with Crippen LogP contribution in [0.5, 0.6) is 0 Å². The van der Waals surface area contributed by atoms with E-state index in [-0.39, 0.29) is 12.5 Å². The maximum absolute atomic E-state index is 12.1. The summed E-state index contributed by atoms with van der Waals surface area (Å²) in [7, 11) is 0. The molecule has 1 aromatic rings. The number of piperazine rings is 1. The van der Waals surface area contributed by atoms with Crippen LogP contribution in [0.3, 0.4) is 0 Å². The Morgan fingerprint density at radius 1 is 1.35 bits per heavy atom. The van der Waals surface area contributed by atoms with Crippen LogP contribution in [-0.2, 0) is 14.4 Å². The van der Waals surface area contributed by atoms with E-state index in [1.165, 1.54) is 11.0 Å². The number of hydrogen-bond donors (Lipinski definition) is 1. The second-order valence-electron chi connectivity index (χ2n) is 4.74. The Kier molecular flexibility index (Phi) is 3.98. The van der Waals surface area contributed by atoms with E-state index < -0.39 is 17.9 Å². The first-order valence-corrected chi connectivity index (χ1v) is 6.37. The zero-order chi connectivity index (χ0) is 14.7. The number of nitrogens with zero attached hydrogens (tertiary/aromatic N) is 1. The van der Waals surface area contributed by atoms with E-state index in [9.17, 15) is 14.4 Å². The zero-order valence-corrected chi connectivity index (χ0v) is 11.4. The molecule has 104 valence electrons. The Morgan fingerprint density at radius 2 is 2.05 bits per heavy atom. The molecule has 5 heteroatoms. The van der Waals surface area contributed by atoms with Gasteiger partial charge in [0.1, 0.15) is 12.6 Å². The molecule has 1 aliphatic heterocycles. The van der Waals surface area contributed by atoms with Gasteiger partial charge in [-0.05, 0) is 31.1 Å². The minimum absolute atomic E-state index is 0.0934. The summed E-state index contributed by atoms with van der Waals surface area (Å²) in [5.41, 5.74) is 1.98. The van der Waals surface area contributed by atoms with Crippen LogP contribution in [0, 0.1) is 6.92 Å². The molecule has 0 spiro atoms. The average molecular weight is 272 g/mol. The molecule has 1 N–H and O–H groups in total. The van der Waals surface area contributed by atoms with E-state index in [2.05, 4.69) is 5.32 Å². The largest absolute Gasteiger partial charge is 0.318 e. The Labute approximate surface area is 117 Å². The molecular formula is C15H16N2O3. The van der Waals surface area contributed by atoms with Crippen molar-refractivity contribution in [1.82, 2.24) is 10.2 Å². The van der Waals surface area contributed by atoms with Gasteiger partial charge in [-0.3, -0.25) is 19.7 Å². The number of carbonyl (C=O) groups is 3. The maximum Gasteiger partial charge on any atom is 0.249 e. The summed E-state index contributed by atoms with van der Waals surface area (Å²) in [6.45, 7) is 3.45. The van der Waals surface area contributed by atoms with Crippen LogP contribution in [0.1, 0.15) is 18.1 Å². The number of nitrogens with one attached hydrogen (secondary N) is 1. The monoisotopic (exact) mass is 272 g/mol. The minimum Gasteiger partial charge on any atom is -0.318 e. The van der Waals surface area contributed by atoms with Gasteiger partial charge < -0.3 is 4.90 Å². The van der Waals surface area contributed by atoms with Crippen molar-refractivity contribution < 1.29 is 14.4 Å². The highest BCUT2D eigenvalue weighted by Crippen LogP contribution is 2.11. The number of carbonyl (C=O) groups excluding carboxylic acids is 3. The van der Waals surface area contributed by atoms with Crippen molar-refractivity contribution in [3.63, 3.8) is 0 Å². The molecule has 0 aliphatic carbocycles. The Hall–Kier alpha value is -2.43. The van der Waals surface area contributed by atoms with E-state index >= 15 is 0 Å².